The molecule has 0 unspecified atom stereocenters. The van der Waals surface area contributed by atoms with Crippen molar-refractivity contribution in [3.8, 4) is 0 Å². The number of anilines is 1. The highest BCUT2D eigenvalue weighted by atomic mass is 16.4. The van der Waals surface area contributed by atoms with Crippen molar-refractivity contribution in [1.82, 2.24) is 0 Å². The van der Waals surface area contributed by atoms with Crippen LogP contribution in [0.25, 0.3) is 10.8 Å². The van der Waals surface area contributed by atoms with E-state index in [1.54, 1.807) is 0 Å². The first-order valence-electron chi connectivity index (χ1n) is 5.49. The van der Waals surface area contributed by atoms with Gasteiger partial charge in [-0.1, -0.05) is 30.3 Å². The second-order valence-electron chi connectivity index (χ2n) is 4.25. The van der Waals surface area contributed by atoms with Crippen LogP contribution in [0.3, 0.4) is 0 Å². The number of hydrogen-bond donors (Lipinski definition) is 1. The van der Waals surface area contributed by atoms with Crippen LogP contribution in [0.1, 0.15) is 5.56 Å². The van der Waals surface area contributed by atoms with Gasteiger partial charge in [0.05, 0.1) is 6.42 Å². The summed E-state index contributed by atoms with van der Waals surface area (Å²) in [4.78, 5) is 12.9. The molecule has 0 spiro atoms. The van der Waals surface area contributed by atoms with E-state index in [1.807, 2.05) is 55.4 Å². The zero-order chi connectivity index (χ0) is 12.4. The molecule has 0 aliphatic rings. The van der Waals surface area contributed by atoms with Gasteiger partial charge in [0.25, 0.3) is 0 Å². The van der Waals surface area contributed by atoms with E-state index in [1.165, 1.54) is 0 Å². The summed E-state index contributed by atoms with van der Waals surface area (Å²) in [6.45, 7) is 0. The summed E-state index contributed by atoms with van der Waals surface area (Å²) in [7, 11) is 3.97. The van der Waals surface area contributed by atoms with Gasteiger partial charge in [-0.05, 0) is 17.0 Å². The van der Waals surface area contributed by atoms with E-state index in [0.717, 1.165) is 22.0 Å². The molecule has 0 aliphatic heterocycles. The van der Waals surface area contributed by atoms with Crippen LogP contribution in [-0.2, 0) is 11.2 Å². The normalized spacial score (nSPS) is 10.5. The van der Waals surface area contributed by atoms with Crippen molar-refractivity contribution in [3.63, 3.8) is 0 Å². The number of carboxylic acid groups (broad SMARTS) is 1. The maximum absolute atomic E-state index is 10.8. The zero-order valence-electron chi connectivity index (χ0n) is 9.97. The fraction of sp³-hybridized carbons (Fsp3) is 0.214. The molecule has 3 nitrogen and oxygen atoms in total. The monoisotopic (exact) mass is 229 g/mol. The second-order valence-corrected chi connectivity index (χ2v) is 4.25. The van der Waals surface area contributed by atoms with E-state index < -0.39 is 5.97 Å². The average molecular weight is 229 g/mol. The largest absolute Gasteiger partial charge is 0.481 e. The lowest BCUT2D eigenvalue weighted by Gasteiger charge is -2.16. The Morgan fingerprint density at radius 3 is 2.41 bits per heavy atom. The first kappa shape index (κ1) is 11.5. The highest BCUT2D eigenvalue weighted by Gasteiger charge is 2.08. The van der Waals surface area contributed by atoms with Gasteiger partial charge in [-0.15, -0.1) is 0 Å². The first-order chi connectivity index (χ1) is 8.09. The van der Waals surface area contributed by atoms with Crippen LogP contribution < -0.4 is 4.90 Å². The molecule has 0 aromatic heterocycles. The molecule has 88 valence electrons. The number of aliphatic carboxylic acids is 1. The Hall–Kier alpha value is -2.03. The average Bonchev–Trinajstić information content (AvgIpc) is 2.28. The number of rotatable bonds is 3. The Bertz CT molecular complexity index is 561. The van der Waals surface area contributed by atoms with Gasteiger partial charge in [-0.25, -0.2) is 0 Å². The van der Waals surface area contributed by atoms with E-state index in [9.17, 15) is 4.79 Å². The lowest BCUT2D eigenvalue weighted by molar-refractivity contribution is -0.136. The van der Waals surface area contributed by atoms with Crippen molar-refractivity contribution < 1.29 is 9.90 Å². The van der Waals surface area contributed by atoms with Crippen LogP contribution in [-0.4, -0.2) is 25.2 Å². The number of carboxylic acids is 1. The molecule has 2 aromatic rings. The summed E-state index contributed by atoms with van der Waals surface area (Å²) >= 11 is 0. The molecule has 0 bridgehead atoms. The lowest BCUT2D eigenvalue weighted by atomic mass is 10.0. The van der Waals surface area contributed by atoms with Crippen LogP contribution >= 0.6 is 0 Å². The fourth-order valence-electron chi connectivity index (χ4n) is 2.07. The highest BCUT2D eigenvalue weighted by molar-refractivity contribution is 5.97. The van der Waals surface area contributed by atoms with E-state index in [4.69, 9.17) is 5.11 Å². The molecule has 1 N–H and O–H groups in total. The standard InChI is InChI=1S/C14H15NO2/c1-15(2)13-8-4-6-11-10(9-14(16)17)5-3-7-12(11)13/h3-8H,9H2,1-2H3,(H,16,17). The Morgan fingerprint density at radius 2 is 1.76 bits per heavy atom. The number of fused-ring (bicyclic) bond motifs is 1. The number of benzene rings is 2. The molecule has 3 heteroatoms. The third-order valence-electron chi connectivity index (χ3n) is 2.81. The Balaban J connectivity index is 2.65. The minimum Gasteiger partial charge on any atom is -0.481 e. The minimum absolute atomic E-state index is 0.0637. The van der Waals surface area contributed by atoms with Crippen molar-refractivity contribution in [1.29, 1.82) is 0 Å². The molecular weight excluding hydrogens is 214 g/mol. The third-order valence-corrected chi connectivity index (χ3v) is 2.81. The van der Waals surface area contributed by atoms with Gasteiger partial charge >= 0.3 is 5.97 Å². The molecule has 0 amide bonds. The van der Waals surface area contributed by atoms with E-state index in [0.29, 0.717) is 0 Å². The molecular formula is C14H15NO2. The summed E-state index contributed by atoms with van der Waals surface area (Å²) in [6, 6.07) is 11.8. The van der Waals surface area contributed by atoms with Gasteiger partial charge in [0.1, 0.15) is 0 Å². The van der Waals surface area contributed by atoms with Crippen LogP contribution in [0.4, 0.5) is 5.69 Å². The molecule has 0 atom stereocenters. The maximum Gasteiger partial charge on any atom is 0.307 e. The first-order valence-corrected chi connectivity index (χ1v) is 5.49. The van der Waals surface area contributed by atoms with Crippen molar-refractivity contribution in [2.75, 3.05) is 19.0 Å². The van der Waals surface area contributed by atoms with Gasteiger partial charge < -0.3 is 10.0 Å². The molecule has 2 aromatic carbocycles. The quantitative estimate of drug-likeness (QED) is 0.879. The van der Waals surface area contributed by atoms with E-state index in [-0.39, 0.29) is 6.42 Å². The Kier molecular flexibility index (Phi) is 3.00. The molecule has 2 rings (SSSR count). The Labute approximate surface area is 100 Å². The van der Waals surface area contributed by atoms with Crippen molar-refractivity contribution in [3.05, 3.63) is 42.0 Å². The number of hydrogen-bond acceptors (Lipinski definition) is 2. The van der Waals surface area contributed by atoms with E-state index in [2.05, 4.69) is 0 Å². The number of carbonyl (C=O) groups is 1. The van der Waals surface area contributed by atoms with Crippen LogP contribution in [0.2, 0.25) is 0 Å². The minimum atomic E-state index is -0.798. The molecule has 0 aliphatic carbocycles. The molecule has 0 saturated heterocycles. The van der Waals surface area contributed by atoms with Crippen molar-refractivity contribution in [2.45, 2.75) is 6.42 Å². The maximum atomic E-state index is 10.8. The molecule has 0 saturated carbocycles. The summed E-state index contributed by atoms with van der Waals surface area (Å²) in [5.74, 6) is -0.798. The number of nitrogens with zero attached hydrogens (tertiary/aromatic N) is 1. The van der Waals surface area contributed by atoms with Gasteiger partial charge in [-0.3, -0.25) is 4.79 Å². The molecule has 0 radical (unpaired) electrons. The summed E-state index contributed by atoms with van der Waals surface area (Å²) < 4.78 is 0. The summed E-state index contributed by atoms with van der Waals surface area (Å²) in [5.41, 5.74) is 1.97. The second kappa shape index (κ2) is 4.45. The predicted molar refractivity (Wildman–Crippen MR) is 69.6 cm³/mol. The van der Waals surface area contributed by atoms with Crippen molar-refractivity contribution >= 4 is 22.4 Å². The fourth-order valence-corrected chi connectivity index (χ4v) is 2.07. The predicted octanol–water partition coefficient (Wildman–Crippen LogP) is 2.53. The highest BCUT2D eigenvalue weighted by Crippen LogP contribution is 2.28. The molecule has 0 fully saturated rings. The summed E-state index contributed by atoms with van der Waals surface area (Å²) in [6.07, 6.45) is 0.0637. The topological polar surface area (TPSA) is 40.5 Å². The van der Waals surface area contributed by atoms with E-state index >= 15 is 0 Å². The zero-order valence-corrected chi connectivity index (χ0v) is 9.97. The summed E-state index contributed by atoms with van der Waals surface area (Å²) in [5, 5.41) is 11.0. The SMILES string of the molecule is CN(C)c1cccc2c(CC(=O)O)cccc12. The molecule has 17 heavy (non-hydrogen) atoms. The Morgan fingerprint density at radius 1 is 1.12 bits per heavy atom. The van der Waals surface area contributed by atoms with Crippen LogP contribution in [0, 0.1) is 0 Å². The van der Waals surface area contributed by atoms with Gasteiger partial charge in [0, 0.05) is 25.2 Å². The van der Waals surface area contributed by atoms with Crippen molar-refractivity contribution in [2.24, 2.45) is 0 Å². The smallest absolute Gasteiger partial charge is 0.307 e. The lowest BCUT2D eigenvalue weighted by Crippen LogP contribution is -2.09. The van der Waals surface area contributed by atoms with Crippen LogP contribution in [0.15, 0.2) is 36.4 Å². The van der Waals surface area contributed by atoms with Crippen LogP contribution in [0.5, 0.6) is 0 Å². The molecule has 0 heterocycles. The van der Waals surface area contributed by atoms with Gasteiger partial charge in [0.15, 0.2) is 0 Å². The van der Waals surface area contributed by atoms with Gasteiger partial charge in [-0.2, -0.15) is 0 Å². The van der Waals surface area contributed by atoms with Gasteiger partial charge in [0.2, 0.25) is 0 Å². The third kappa shape index (κ3) is 2.23.